The highest BCUT2D eigenvalue weighted by Crippen LogP contribution is 2.42. The van der Waals surface area contributed by atoms with Crippen molar-refractivity contribution < 1.29 is 19.7 Å². The number of hydrogen-bond acceptors (Lipinski definition) is 6. The highest BCUT2D eigenvalue weighted by molar-refractivity contribution is 5.85. The summed E-state index contributed by atoms with van der Waals surface area (Å²) in [7, 11) is 1.93. The number of nitrogens with one attached hydrogen (secondary N) is 2. The van der Waals surface area contributed by atoms with Gasteiger partial charge in [-0.15, -0.1) is 12.4 Å². The van der Waals surface area contributed by atoms with Crippen LogP contribution >= 0.6 is 12.4 Å². The van der Waals surface area contributed by atoms with Crippen molar-refractivity contribution in [2.45, 2.75) is 99.1 Å². The fraction of sp³-hybridized carbons (Fsp3) is 0.545. The van der Waals surface area contributed by atoms with Crippen molar-refractivity contribution >= 4 is 12.4 Å². The highest BCUT2D eigenvalue weighted by atomic mass is 35.5. The van der Waals surface area contributed by atoms with Gasteiger partial charge < -0.3 is 30.4 Å². The number of benzene rings is 2. The van der Waals surface area contributed by atoms with Gasteiger partial charge in [0.05, 0.1) is 12.3 Å². The average molecular weight is 592 g/mol. The van der Waals surface area contributed by atoms with E-state index in [9.17, 15) is 5.11 Å². The zero-order valence-electron chi connectivity index (χ0n) is 27.0. The van der Waals surface area contributed by atoms with Gasteiger partial charge in [0.2, 0.25) is 5.89 Å². The Balaban J connectivity index is 0.00000250. The van der Waals surface area contributed by atoms with Gasteiger partial charge in [-0.1, -0.05) is 74.4 Å². The molecule has 0 aliphatic carbocycles. The third-order valence-corrected chi connectivity index (χ3v) is 6.46. The van der Waals surface area contributed by atoms with E-state index < -0.39 is 0 Å². The van der Waals surface area contributed by atoms with Crippen molar-refractivity contribution in [2.75, 3.05) is 20.2 Å². The van der Waals surface area contributed by atoms with Crippen LogP contribution in [0.3, 0.4) is 0 Å². The second-order valence-corrected chi connectivity index (χ2v) is 12.4. The third kappa shape index (κ3) is 11.7. The van der Waals surface area contributed by atoms with Crippen molar-refractivity contribution in [1.82, 2.24) is 15.6 Å². The molecule has 3 aromatic rings. The molecule has 0 saturated heterocycles. The van der Waals surface area contributed by atoms with Gasteiger partial charge in [-0.3, -0.25) is 0 Å². The molecule has 0 aliphatic rings. The zero-order chi connectivity index (χ0) is 29.4. The highest BCUT2D eigenvalue weighted by Gasteiger charge is 2.28. The van der Waals surface area contributed by atoms with E-state index >= 15 is 0 Å². The number of oxazole rings is 1. The Morgan fingerprint density at radius 1 is 0.976 bits per heavy atom. The minimum absolute atomic E-state index is 0. The Kier molecular flexibility index (Phi) is 15.7. The molecular formula is C33H54ClN3O4. The second-order valence-electron chi connectivity index (χ2n) is 12.4. The first-order valence-corrected chi connectivity index (χ1v) is 14.1. The van der Waals surface area contributed by atoms with E-state index in [4.69, 9.17) is 14.1 Å². The standard InChI is InChI=1S/C30H42N2O3.C3H9N.ClH.H2O/c1-19(2)31-18-21-10-12-23(13-11-21)34-15-14-26-20(3)35-28(32-26)22-16-24(29(4,5)6)27(33)25(17-22)30(7,8)9;1-3-4-2;;/h10-13,16-17,19,31,33H,14-15,18H2,1-9H3;4H,3H2,1-2H3;1H;1H2. The average Bonchev–Trinajstić information content (AvgIpc) is 3.22. The SMILES string of the molecule is CCNC.Cc1oc(-c2cc(C(C)(C)C)c(O)c(C(C)(C)C)c2)nc1CCOc1ccc(CNC(C)C)cc1.Cl.O. The lowest BCUT2D eigenvalue weighted by Gasteiger charge is -2.27. The maximum absolute atomic E-state index is 11.0. The Morgan fingerprint density at radius 3 is 1.93 bits per heavy atom. The number of phenolic OH excluding ortho intramolecular Hbond substituents is 1. The summed E-state index contributed by atoms with van der Waals surface area (Å²) < 4.78 is 12.1. The zero-order valence-corrected chi connectivity index (χ0v) is 27.8. The van der Waals surface area contributed by atoms with Crippen LogP contribution in [0.15, 0.2) is 40.8 Å². The van der Waals surface area contributed by atoms with E-state index in [1.54, 1.807) is 0 Å². The van der Waals surface area contributed by atoms with E-state index in [-0.39, 0.29) is 28.7 Å². The van der Waals surface area contributed by atoms with Crippen LogP contribution in [0.4, 0.5) is 0 Å². The lowest BCUT2D eigenvalue weighted by molar-refractivity contribution is 0.320. The number of aryl methyl sites for hydroxylation is 1. The molecule has 0 aliphatic heterocycles. The van der Waals surface area contributed by atoms with Crippen molar-refractivity contribution in [3.05, 3.63) is 64.5 Å². The number of halogens is 1. The molecule has 8 heteroatoms. The van der Waals surface area contributed by atoms with Crippen LogP contribution in [0.25, 0.3) is 11.5 Å². The first-order chi connectivity index (χ1) is 18.2. The van der Waals surface area contributed by atoms with E-state index in [1.807, 2.05) is 38.2 Å². The van der Waals surface area contributed by atoms with Gasteiger partial charge in [0, 0.05) is 35.7 Å². The minimum Gasteiger partial charge on any atom is -0.507 e. The van der Waals surface area contributed by atoms with Gasteiger partial charge in [-0.25, -0.2) is 4.98 Å². The molecule has 0 unspecified atom stereocenters. The Labute approximate surface area is 254 Å². The van der Waals surface area contributed by atoms with E-state index in [1.165, 1.54) is 5.56 Å². The molecular weight excluding hydrogens is 538 g/mol. The predicted octanol–water partition coefficient (Wildman–Crippen LogP) is 6.89. The molecule has 0 radical (unpaired) electrons. The van der Waals surface area contributed by atoms with Gasteiger partial charge in [0.15, 0.2) is 0 Å². The molecule has 232 valence electrons. The summed E-state index contributed by atoms with van der Waals surface area (Å²) >= 11 is 0. The van der Waals surface area contributed by atoms with Gasteiger partial charge in [-0.05, 0) is 61.2 Å². The molecule has 2 aromatic carbocycles. The molecule has 0 amide bonds. The first-order valence-electron chi connectivity index (χ1n) is 14.1. The van der Waals surface area contributed by atoms with Crippen LogP contribution in [0, 0.1) is 6.92 Å². The molecule has 0 atom stereocenters. The Bertz CT molecular complexity index is 1140. The third-order valence-electron chi connectivity index (χ3n) is 6.46. The topological polar surface area (TPSA) is 111 Å². The predicted molar refractivity (Wildman–Crippen MR) is 174 cm³/mol. The molecule has 0 spiro atoms. The quantitative estimate of drug-likeness (QED) is 0.250. The number of rotatable bonds is 9. The minimum atomic E-state index is -0.210. The van der Waals surface area contributed by atoms with Crippen molar-refractivity contribution in [3.8, 4) is 23.0 Å². The molecule has 5 N–H and O–H groups in total. The smallest absolute Gasteiger partial charge is 0.226 e. The molecule has 1 heterocycles. The maximum atomic E-state index is 11.0. The fourth-order valence-electron chi connectivity index (χ4n) is 3.98. The van der Waals surface area contributed by atoms with Gasteiger partial charge in [0.25, 0.3) is 0 Å². The maximum Gasteiger partial charge on any atom is 0.226 e. The lowest BCUT2D eigenvalue weighted by atomic mass is 9.78. The molecule has 0 saturated carbocycles. The van der Waals surface area contributed by atoms with Crippen LogP contribution < -0.4 is 15.4 Å². The van der Waals surface area contributed by atoms with Gasteiger partial charge in [-0.2, -0.15) is 0 Å². The second kappa shape index (κ2) is 16.8. The molecule has 0 fully saturated rings. The summed E-state index contributed by atoms with van der Waals surface area (Å²) in [5.74, 6) is 2.58. The summed E-state index contributed by atoms with van der Waals surface area (Å²) in [5, 5.41) is 17.4. The van der Waals surface area contributed by atoms with Gasteiger partial charge >= 0.3 is 0 Å². The number of aromatic hydroxyl groups is 1. The summed E-state index contributed by atoms with van der Waals surface area (Å²) in [5.41, 5.74) is 4.39. The van der Waals surface area contributed by atoms with Crippen LogP contribution in [-0.4, -0.2) is 41.8 Å². The number of phenols is 1. The van der Waals surface area contributed by atoms with E-state index in [2.05, 4.69) is 85.1 Å². The molecule has 3 rings (SSSR count). The largest absolute Gasteiger partial charge is 0.507 e. The number of aromatic nitrogens is 1. The lowest BCUT2D eigenvalue weighted by Crippen LogP contribution is -2.21. The Morgan fingerprint density at radius 2 is 1.49 bits per heavy atom. The molecule has 41 heavy (non-hydrogen) atoms. The fourth-order valence-corrected chi connectivity index (χ4v) is 3.98. The van der Waals surface area contributed by atoms with E-state index in [0.29, 0.717) is 30.7 Å². The molecule has 0 bridgehead atoms. The van der Waals surface area contributed by atoms with Crippen LogP contribution in [0.5, 0.6) is 11.5 Å². The molecule has 1 aromatic heterocycles. The number of ether oxygens (including phenoxy) is 1. The first kappa shape index (κ1) is 38.4. The van der Waals surface area contributed by atoms with Crippen molar-refractivity contribution in [3.63, 3.8) is 0 Å². The van der Waals surface area contributed by atoms with Crippen molar-refractivity contribution in [2.24, 2.45) is 0 Å². The summed E-state index contributed by atoms with van der Waals surface area (Å²) in [4.78, 5) is 4.81. The monoisotopic (exact) mass is 591 g/mol. The van der Waals surface area contributed by atoms with Crippen LogP contribution in [0.2, 0.25) is 0 Å². The summed E-state index contributed by atoms with van der Waals surface area (Å²) in [6.07, 6.45) is 0.655. The molecule has 7 nitrogen and oxygen atoms in total. The number of hydrogen-bond donors (Lipinski definition) is 3. The van der Waals surface area contributed by atoms with Gasteiger partial charge in [0.1, 0.15) is 17.3 Å². The van der Waals surface area contributed by atoms with Crippen molar-refractivity contribution in [1.29, 1.82) is 0 Å². The summed E-state index contributed by atoms with van der Waals surface area (Å²) in [6, 6.07) is 12.7. The Hall–Kier alpha value is -2.58. The van der Waals surface area contributed by atoms with E-state index in [0.717, 1.165) is 47.0 Å². The summed E-state index contributed by atoms with van der Waals surface area (Å²) in [6.45, 7) is 23.4. The number of nitrogens with zero attached hydrogens (tertiary/aromatic N) is 1. The van der Waals surface area contributed by atoms with Crippen LogP contribution in [0.1, 0.15) is 90.5 Å². The van der Waals surface area contributed by atoms with Crippen LogP contribution in [-0.2, 0) is 23.8 Å². The normalized spacial score (nSPS) is 11.3.